The van der Waals surface area contributed by atoms with Gasteiger partial charge in [0.05, 0.1) is 6.42 Å². The Morgan fingerprint density at radius 2 is 1.64 bits per heavy atom. The fourth-order valence-corrected chi connectivity index (χ4v) is 2.18. The van der Waals surface area contributed by atoms with Crippen molar-refractivity contribution in [2.45, 2.75) is 13.3 Å². The number of Topliss-reactive ketones (excluding diaryl/α,β-unsaturated/α-hetero) is 1. The van der Waals surface area contributed by atoms with Gasteiger partial charge in [-0.1, -0.05) is 29.4 Å². The van der Waals surface area contributed by atoms with Gasteiger partial charge in [0.2, 0.25) is 5.89 Å². The van der Waals surface area contributed by atoms with E-state index in [0.717, 1.165) is 5.56 Å². The summed E-state index contributed by atoms with van der Waals surface area (Å²) in [6.45, 7) is 1.45. The molecule has 0 aliphatic rings. The Hall–Kier alpha value is -3.35. The van der Waals surface area contributed by atoms with Gasteiger partial charge in [0, 0.05) is 11.1 Å². The molecule has 0 fully saturated rings. The highest BCUT2D eigenvalue weighted by atomic mass is 19.1. The van der Waals surface area contributed by atoms with Crippen LogP contribution >= 0.6 is 0 Å². The molecule has 6 nitrogen and oxygen atoms in total. The predicted molar refractivity (Wildman–Crippen MR) is 87.9 cm³/mol. The molecular weight excluding hydrogens is 325 g/mol. The van der Waals surface area contributed by atoms with Gasteiger partial charge < -0.3 is 4.42 Å². The minimum Gasteiger partial charge on any atom is -0.407 e. The summed E-state index contributed by atoms with van der Waals surface area (Å²) in [6.07, 6.45) is 0.330. The number of anilines is 1. The number of aromatic nitrogens is 2. The lowest BCUT2D eigenvalue weighted by atomic mass is 10.1. The molecular formula is C18H14FN3O3. The summed E-state index contributed by atoms with van der Waals surface area (Å²) >= 11 is 0. The number of nitrogens with zero attached hydrogens (tertiary/aromatic N) is 2. The van der Waals surface area contributed by atoms with Gasteiger partial charge in [-0.05, 0) is 36.8 Å². The average molecular weight is 339 g/mol. The van der Waals surface area contributed by atoms with Gasteiger partial charge in [-0.3, -0.25) is 14.9 Å². The van der Waals surface area contributed by atoms with E-state index in [9.17, 15) is 14.0 Å². The first-order valence-corrected chi connectivity index (χ1v) is 7.50. The lowest BCUT2D eigenvalue weighted by Crippen LogP contribution is -2.12. The van der Waals surface area contributed by atoms with Crippen LogP contribution in [0.2, 0.25) is 0 Å². The molecule has 0 aliphatic heterocycles. The Morgan fingerprint density at radius 3 is 2.28 bits per heavy atom. The van der Waals surface area contributed by atoms with Crippen molar-refractivity contribution in [2.75, 3.05) is 5.32 Å². The van der Waals surface area contributed by atoms with Crippen LogP contribution in [0.5, 0.6) is 0 Å². The second-order valence-electron chi connectivity index (χ2n) is 5.39. The number of benzene rings is 2. The third-order valence-corrected chi connectivity index (χ3v) is 3.51. The van der Waals surface area contributed by atoms with Gasteiger partial charge in [-0.2, -0.15) is 0 Å². The van der Waals surface area contributed by atoms with Gasteiger partial charge in [0.1, 0.15) is 5.82 Å². The molecule has 25 heavy (non-hydrogen) atoms. The Morgan fingerprint density at radius 1 is 1.00 bits per heavy atom. The molecule has 2 aromatic carbocycles. The van der Waals surface area contributed by atoms with Gasteiger partial charge in [0.15, 0.2) is 5.78 Å². The van der Waals surface area contributed by atoms with Crippen molar-refractivity contribution in [3.05, 3.63) is 76.9 Å². The fraction of sp³-hybridized carbons (Fsp3) is 0.111. The first-order chi connectivity index (χ1) is 12.0. The van der Waals surface area contributed by atoms with Crippen LogP contribution in [0.3, 0.4) is 0 Å². The van der Waals surface area contributed by atoms with E-state index >= 15 is 0 Å². The van der Waals surface area contributed by atoms with Gasteiger partial charge in [-0.15, -0.1) is 5.10 Å². The normalized spacial score (nSPS) is 10.5. The van der Waals surface area contributed by atoms with E-state index in [1.54, 1.807) is 36.4 Å². The fourth-order valence-electron chi connectivity index (χ4n) is 2.18. The second-order valence-corrected chi connectivity index (χ2v) is 5.39. The first kappa shape index (κ1) is 16.5. The predicted octanol–water partition coefficient (Wildman–Crippen LogP) is 3.25. The van der Waals surface area contributed by atoms with E-state index in [2.05, 4.69) is 15.5 Å². The highest BCUT2D eigenvalue weighted by Crippen LogP contribution is 2.13. The number of halogens is 1. The van der Waals surface area contributed by atoms with Crippen LogP contribution in [-0.4, -0.2) is 21.9 Å². The maximum Gasteiger partial charge on any atom is 0.322 e. The van der Waals surface area contributed by atoms with Crippen LogP contribution in [0.1, 0.15) is 39.1 Å². The summed E-state index contributed by atoms with van der Waals surface area (Å²) in [5.41, 5.74) is 1.70. The Kier molecular flexibility index (Phi) is 4.65. The van der Waals surface area contributed by atoms with Crippen molar-refractivity contribution in [1.29, 1.82) is 0 Å². The summed E-state index contributed by atoms with van der Waals surface area (Å²) in [7, 11) is 0. The van der Waals surface area contributed by atoms with Gasteiger partial charge in [-0.25, -0.2) is 4.39 Å². The SMILES string of the molecule is CC(=O)c1ccc(C(=O)Nc2nnc(Cc3ccc(F)cc3)o2)cc1. The minimum atomic E-state index is -0.424. The molecule has 1 amide bonds. The molecule has 0 bridgehead atoms. The number of nitrogens with one attached hydrogen (secondary N) is 1. The Bertz CT molecular complexity index is 902. The van der Waals surface area contributed by atoms with E-state index < -0.39 is 5.91 Å². The van der Waals surface area contributed by atoms with Crippen LogP contribution in [0.25, 0.3) is 0 Å². The van der Waals surface area contributed by atoms with Crippen LogP contribution in [0, 0.1) is 5.82 Å². The number of hydrogen-bond acceptors (Lipinski definition) is 5. The molecule has 0 atom stereocenters. The molecule has 0 radical (unpaired) electrons. The first-order valence-electron chi connectivity index (χ1n) is 7.50. The van der Waals surface area contributed by atoms with Crippen molar-refractivity contribution >= 4 is 17.7 Å². The van der Waals surface area contributed by atoms with Crippen molar-refractivity contribution < 1.29 is 18.4 Å². The maximum absolute atomic E-state index is 12.9. The van der Waals surface area contributed by atoms with E-state index in [0.29, 0.717) is 23.4 Å². The van der Waals surface area contributed by atoms with E-state index in [1.807, 2.05) is 0 Å². The number of rotatable bonds is 5. The Labute approximate surface area is 142 Å². The molecule has 0 saturated heterocycles. The molecule has 1 N–H and O–H groups in total. The standard InChI is InChI=1S/C18H14FN3O3/c1-11(23)13-4-6-14(7-5-13)17(24)20-18-22-21-16(25-18)10-12-2-8-15(19)9-3-12/h2-9H,10H2,1H3,(H,20,22,24). The smallest absolute Gasteiger partial charge is 0.322 e. The second kappa shape index (κ2) is 7.04. The van der Waals surface area contributed by atoms with Crippen LogP contribution < -0.4 is 5.32 Å². The molecule has 126 valence electrons. The van der Waals surface area contributed by atoms with Gasteiger partial charge >= 0.3 is 6.01 Å². The van der Waals surface area contributed by atoms with Crippen LogP contribution in [0.4, 0.5) is 10.4 Å². The number of carbonyl (C=O) groups is 2. The van der Waals surface area contributed by atoms with Crippen molar-refractivity contribution in [3.63, 3.8) is 0 Å². The highest BCUT2D eigenvalue weighted by molar-refractivity contribution is 6.04. The summed E-state index contributed by atoms with van der Waals surface area (Å²) in [6, 6.07) is 12.1. The zero-order valence-corrected chi connectivity index (χ0v) is 13.3. The van der Waals surface area contributed by atoms with Gasteiger partial charge in [0.25, 0.3) is 5.91 Å². The number of carbonyl (C=O) groups excluding carboxylic acids is 2. The minimum absolute atomic E-state index is 0.0299. The summed E-state index contributed by atoms with van der Waals surface area (Å²) in [4.78, 5) is 23.4. The molecule has 0 unspecified atom stereocenters. The molecule has 3 aromatic rings. The third kappa shape index (κ3) is 4.14. The van der Waals surface area contributed by atoms with Crippen LogP contribution in [-0.2, 0) is 6.42 Å². The van der Waals surface area contributed by atoms with E-state index in [4.69, 9.17) is 4.42 Å². The topological polar surface area (TPSA) is 85.1 Å². The molecule has 1 heterocycles. The maximum atomic E-state index is 12.9. The quantitative estimate of drug-likeness (QED) is 0.721. The molecule has 7 heteroatoms. The molecule has 0 aliphatic carbocycles. The average Bonchev–Trinajstić information content (AvgIpc) is 3.04. The lowest BCUT2D eigenvalue weighted by Gasteiger charge is -2.01. The molecule has 0 saturated carbocycles. The largest absolute Gasteiger partial charge is 0.407 e. The van der Waals surface area contributed by atoms with E-state index in [-0.39, 0.29) is 17.6 Å². The number of ketones is 1. The lowest BCUT2D eigenvalue weighted by molar-refractivity contribution is 0.100. The Balaban J connectivity index is 1.65. The highest BCUT2D eigenvalue weighted by Gasteiger charge is 2.12. The number of hydrogen-bond donors (Lipinski definition) is 1. The summed E-state index contributed by atoms with van der Waals surface area (Å²) < 4.78 is 18.3. The molecule has 3 rings (SSSR count). The third-order valence-electron chi connectivity index (χ3n) is 3.51. The number of amides is 1. The summed E-state index contributed by atoms with van der Waals surface area (Å²) in [5.74, 6) is -0.520. The summed E-state index contributed by atoms with van der Waals surface area (Å²) in [5, 5.41) is 10.1. The zero-order valence-electron chi connectivity index (χ0n) is 13.3. The van der Waals surface area contributed by atoms with Crippen molar-refractivity contribution in [1.82, 2.24) is 10.2 Å². The monoisotopic (exact) mass is 339 g/mol. The zero-order chi connectivity index (χ0) is 17.8. The van der Waals surface area contributed by atoms with Crippen molar-refractivity contribution in [2.24, 2.45) is 0 Å². The van der Waals surface area contributed by atoms with Crippen LogP contribution in [0.15, 0.2) is 52.9 Å². The van der Waals surface area contributed by atoms with Crippen molar-refractivity contribution in [3.8, 4) is 0 Å². The van der Waals surface area contributed by atoms with E-state index in [1.165, 1.54) is 19.1 Å². The molecule has 0 spiro atoms. The molecule has 1 aromatic heterocycles.